The molecule has 0 aliphatic heterocycles. The summed E-state index contributed by atoms with van der Waals surface area (Å²) in [6, 6.07) is 0. The molecule has 6 nitrogen and oxygen atoms in total. The molecule has 0 aromatic heterocycles. The fourth-order valence-electron chi connectivity index (χ4n) is 7.88. The van der Waals surface area contributed by atoms with Crippen molar-refractivity contribution in [2.24, 2.45) is 0 Å². The molecule has 0 amide bonds. The first-order valence-corrected chi connectivity index (χ1v) is 27.5. The second-order valence-corrected chi connectivity index (χ2v) is 18.5. The maximum atomic E-state index is 12.6. The summed E-state index contributed by atoms with van der Waals surface area (Å²) >= 11 is 0. The molecule has 0 unspecified atom stereocenters. The van der Waals surface area contributed by atoms with E-state index in [1.54, 1.807) is 0 Å². The van der Waals surface area contributed by atoms with Crippen LogP contribution in [0.2, 0.25) is 0 Å². The van der Waals surface area contributed by atoms with E-state index in [4.69, 9.17) is 14.2 Å². The Morgan fingerprint density at radius 1 is 0.262 bits per heavy atom. The van der Waals surface area contributed by atoms with Gasteiger partial charge in [-0.15, -0.1) is 0 Å². The number of unbranched alkanes of at least 4 members (excludes halogenated alkanes) is 37. The third kappa shape index (κ3) is 54.5. The van der Waals surface area contributed by atoms with Crippen molar-refractivity contribution in [3.05, 3.63) is 0 Å². The van der Waals surface area contributed by atoms with E-state index < -0.39 is 6.10 Å². The minimum atomic E-state index is -0.756. The van der Waals surface area contributed by atoms with Crippen LogP contribution >= 0.6 is 0 Å². The summed E-state index contributed by atoms with van der Waals surface area (Å²) in [6.07, 6.45) is 52.9. The average Bonchev–Trinajstić information content (AvgIpc) is 3.26. The number of esters is 3. The van der Waals surface area contributed by atoms with Crippen molar-refractivity contribution in [3.63, 3.8) is 0 Å². The van der Waals surface area contributed by atoms with E-state index in [-0.39, 0.29) is 31.1 Å². The monoisotopic (exact) mass is 865 g/mol. The highest BCUT2D eigenvalue weighted by Crippen LogP contribution is 2.16. The van der Waals surface area contributed by atoms with Gasteiger partial charge in [0.1, 0.15) is 13.2 Å². The molecule has 0 saturated carbocycles. The first kappa shape index (κ1) is 61.5. The first-order valence-electron chi connectivity index (χ1n) is 27.5. The first-order chi connectivity index (χ1) is 29.9. The van der Waals surface area contributed by atoms with E-state index in [0.717, 1.165) is 57.8 Å². The number of ether oxygens (including phenoxy) is 3. The van der Waals surface area contributed by atoms with Gasteiger partial charge in [-0.3, -0.25) is 14.4 Å². The van der Waals surface area contributed by atoms with Crippen LogP contribution in [0.1, 0.15) is 317 Å². The molecule has 0 rings (SSSR count). The third-order valence-corrected chi connectivity index (χ3v) is 12.1. The van der Waals surface area contributed by atoms with Crippen molar-refractivity contribution in [3.8, 4) is 0 Å². The standard InChI is InChI=1S/C45H86O6.C10H22/c1-4-7-10-12-14-16-18-20-22-24-26-28-30-32-35-38-44(47)50-41-42(40-49-43(46)37-34-9-6-3)51-45(48)39-36-33-31-29-27-25-23-21-19-17-15-13-11-8-5-2;1-3-5-7-9-10-8-6-4-2/h42H,4-41H2,1-3H3;3-10H2,1-2H3/t42-;/m0./s1. The van der Waals surface area contributed by atoms with Crippen molar-refractivity contribution in [1.82, 2.24) is 0 Å². The predicted octanol–water partition coefficient (Wildman–Crippen LogP) is 18.2. The summed E-state index contributed by atoms with van der Waals surface area (Å²) in [4.78, 5) is 37.2. The van der Waals surface area contributed by atoms with Gasteiger partial charge in [-0.25, -0.2) is 0 Å². The zero-order valence-corrected chi connectivity index (χ0v) is 42.1. The van der Waals surface area contributed by atoms with E-state index in [0.29, 0.717) is 19.3 Å². The maximum Gasteiger partial charge on any atom is 0.306 e. The fourth-order valence-corrected chi connectivity index (χ4v) is 7.88. The number of hydrogen-bond donors (Lipinski definition) is 0. The Balaban J connectivity index is 0. The lowest BCUT2D eigenvalue weighted by atomic mass is 10.0. The van der Waals surface area contributed by atoms with Crippen LogP contribution in [0.4, 0.5) is 0 Å². The molecule has 0 bridgehead atoms. The van der Waals surface area contributed by atoms with E-state index in [9.17, 15) is 14.4 Å². The van der Waals surface area contributed by atoms with E-state index >= 15 is 0 Å². The van der Waals surface area contributed by atoms with Crippen molar-refractivity contribution in [2.45, 2.75) is 323 Å². The van der Waals surface area contributed by atoms with Gasteiger partial charge >= 0.3 is 17.9 Å². The molecule has 0 aliphatic carbocycles. The Morgan fingerprint density at radius 3 is 0.689 bits per heavy atom. The molecule has 0 aromatic carbocycles. The minimum Gasteiger partial charge on any atom is -0.462 e. The van der Waals surface area contributed by atoms with Gasteiger partial charge in [0.05, 0.1) is 0 Å². The summed E-state index contributed by atoms with van der Waals surface area (Å²) in [5, 5.41) is 0. The van der Waals surface area contributed by atoms with Crippen LogP contribution in [0.3, 0.4) is 0 Å². The minimum absolute atomic E-state index is 0.0651. The summed E-state index contributed by atoms with van der Waals surface area (Å²) in [6.45, 7) is 11.0. The lowest BCUT2D eigenvalue weighted by Gasteiger charge is -2.18. The third-order valence-electron chi connectivity index (χ3n) is 12.1. The number of carbonyl (C=O) groups excluding carboxylic acids is 3. The van der Waals surface area contributed by atoms with Crippen LogP contribution in [0.25, 0.3) is 0 Å². The van der Waals surface area contributed by atoms with Gasteiger partial charge in [0.15, 0.2) is 6.10 Å². The molecule has 0 aliphatic rings. The SMILES string of the molecule is CCCCCCCCCC.CCCCCCCCCCCCCCCCCC(=O)OC[C@H](COC(=O)CCCCC)OC(=O)CCCCCCCCCCCCCCCCC. The van der Waals surface area contributed by atoms with E-state index in [2.05, 4.69) is 34.6 Å². The number of rotatable bonds is 48. The van der Waals surface area contributed by atoms with Crippen LogP contribution < -0.4 is 0 Å². The molecule has 0 fully saturated rings. The summed E-state index contributed by atoms with van der Waals surface area (Å²) in [7, 11) is 0. The van der Waals surface area contributed by atoms with E-state index in [1.165, 1.54) is 205 Å². The Morgan fingerprint density at radius 2 is 0.443 bits per heavy atom. The highest BCUT2D eigenvalue weighted by atomic mass is 16.6. The van der Waals surface area contributed by atoms with Gasteiger partial charge < -0.3 is 14.2 Å². The van der Waals surface area contributed by atoms with E-state index in [1.807, 2.05) is 0 Å². The topological polar surface area (TPSA) is 78.9 Å². The van der Waals surface area contributed by atoms with Crippen LogP contribution in [-0.4, -0.2) is 37.2 Å². The molecule has 0 spiro atoms. The van der Waals surface area contributed by atoms with Gasteiger partial charge in [0, 0.05) is 19.3 Å². The van der Waals surface area contributed by atoms with Gasteiger partial charge in [-0.2, -0.15) is 0 Å². The molecule has 0 heterocycles. The molecule has 364 valence electrons. The molecular formula is C55H108O6. The Labute approximate surface area is 381 Å². The predicted molar refractivity (Wildman–Crippen MR) is 263 cm³/mol. The van der Waals surface area contributed by atoms with Crippen LogP contribution in [0.5, 0.6) is 0 Å². The average molecular weight is 865 g/mol. The van der Waals surface area contributed by atoms with Crippen molar-refractivity contribution in [2.75, 3.05) is 13.2 Å². The van der Waals surface area contributed by atoms with Gasteiger partial charge in [-0.05, 0) is 19.3 Å². The smallest absolute Gasteiger partial charge is 0.306 e. The second-order valence-electron chi connectivity index (χ2n) is 18.5. The quantitative estimate of drug-likeness (QED) is 0.0344. The Kier molecular flexibility index (Phi) is 55.0. The molecular weight excluding hydrogens is 757 g/mol. The molecule has 6 heteroatoms. The summed E-state index contributed by atoms with van der Waals surface area (Å²) < 4.78 is 16.5. The highest BCUT2D eigenvalue weighted by molar-refractivity contribution is 5.71. The molecule has 0 saturated heterocycles. The molecule has 0 aromatic rings. The Bertz CT molecular complexity index is 866. The largest absolute Gasteiger partial charge is 0.462 e. The highest BCUT2D eigenvalue weighted by Gasteiger charge is 2.19. The fraction of sp³-hybridized carbons (Fsp3) is 0.945. The summed E-state index contributed by atoms with van der Waals surface area (Å²) in [5.41, 5.74) is 0. The van der Waals surface area contributed by atoms with Crippen molar-refractivity contribution >= 4 is 17.9 Å². The lowest BCUT2D eigenvalue weighted by molar-refractivity contribution is -0.167. The maximum absolute atomic E-state index is 12.6. The van der Waals surface area contributed by atoms with Crippen molar-refractivity contribution < 1.29 is 28.6 Å². The zero-order valence-electron chi connectivity index (χ0n) is 42.1. The van der Waals surface area contributed by atoms with Gasteiger partial charge in [0.25, 0.3) is 0 Å². The summed E-state index contributed by atoms with van der Waals surface area (Å²) in [5.74, 6) is -0.881. The second kappa shape index (κ2) is 54.5. The van der Waals surface area contributed by atoms with Crippen LogP contribution in [0, 0.1) is 0 Å². The van der Waals surface area contributed by atoms with Crippen LogP contribution in [-0.2, 0) is 28.6 Å². The molecule has 61 heavy (non-hydrogen) atoms. The molecule has 0 radical (unpaired) electrons. The number of carbonyl (C=O) groups is 3. The van der Waals surface area contributed by atoms with Gasteiger partial charge in [0.2, 0.25) is 0 Å². The normalized spacial score (nSPS) is 11.6. The van der Waals surface area contributed by atoms with Crippen LogP contribution in [0.15, 0.2) is 0 Å². The Hall–Kier alpha value is -1.59. The van der Waals surface area contributed by atoms with Gasteiger partial charge in [-0.1, -0.05) is 279 Å². The number of hydrogen-bond acceptors (Lipinski definition) is 6. The lowest BCUT2D eigenvalue weighted by Crippen LogP contribution is -2.30. The molecule has 1 atom stereocenters. The van der Waals surface area contributed by atoms with Crippen molar-refractivity contribution in [1.29, 1.82) is 0 Å². The molecule has 0 N–H and O–H groups in total. The zero-order chi connectivity index (χ0) is 45.0.